The van der Waals surface area contributed by atoms with E-state index in [1.165, 1.54) is 4.31 Å². The lowest BCUT2D eigenvalue weighted by Gasteiger charge is -2.53. The molecule has 0 aliphatic carbocycles. The summed E-state index contributed by atoms with van der Waals surface area (Å²) >= 11 is 6.83. The first-order valence-electron chi connectivity index (χ1n) is 4.91. The predicted molar refractivity (Wildman–Crippen MR) is 61.4 cm³/mol. The van der Waals surface area contributed by atoms with Gasteiger partial charge in [-0.3, -0.25) is 0 Å². The van der Waals surface area contributed by atoms with Crippen molar-refractivity contribution in [2.75, 3.05) is 19.7 Å². The summed E-state index contributed by atoms with van der Waals surface area (Å²) in [7, 11) is -3.34. The zero-order chi connectivity index (χ0) is 11.4. The maximum absolute atomic E-state index is 12.1. The van der Waals surface area contributed by atoms with Gasteiger partial charge in [0.2, 0.25) is 0 Å². The van der Waals surface area contributed by atoms with Gasteiger partial charge in [-0.25, -0.2) is 8.42 Å². The molecule has 1 spiro atoms. The van der Waals surface area contributed by atoms with Crippen molar-refractivity contribution in [3.05, 3.63) is 16.5 Å². The molecule has 7 heteroatoms. The summed E-state index contributed by atoms with van der Waals surface area (Å²) in [5, 5.41) is 0. The molecule has 2 fully saturated rings. The van der Waals surface area contributed by atoms with Crippen LogP contribution in [0.2, 0.25) is 4.34 Å². The quantitative estimate of drug-likeness (QED) is 0.825. The minimum absolute atomic E-state index is 0.172. The summed E-state index contributed by atoms with van der Waals surface area (Å²) in [4.78, 5) is 0. The highest BCUT2D eigenvalue weighted by molar-refractivity contribution is 7.91. The molecule has 16 heavy (non-hydrogen) atoms. The maximum atomic E-state index is 12.1. The monoisotopic (exact) mass is 279 g/mol. The normalized spacial score (nSPS) is 24.1. The molecule has 3 heterocycles. The summed E-state index contributed by atoms with van der Waals surface area (Å²) in [5.41, 5.74) is -0.172. The fraction of sp³-hybridized carbons (Fsp3) is 0.556. The predicted octanol–water partition coefficient (Wildman–Crippen LogP) is 1.56. The van der Waals surface area contributed by atoms with E-state index < -0.39 is 10.0 Å². The Morgan fingerprint density at radius 2 is 2.12 bits per heavy atom. The van der Waals surface area contributed by atoms with Crippen molar-refractivity contribution in [2.24, 2.45) is 0 Å². The molecule has 0 amide bonds. The number of nitrogens with zero attached hydrogens (tertiary/aromatic N) is 1. The van der Waals surface area contributed by atoms with E-state index in [4.69, 9.17) is 16.3 Å². The Kier molecular flexibility index (Phi) is 2.35. The van der Waals surface area contributed by atoms with Crippen LogP contribution in [0.1, 0.15) is 6.42 Å². The zero-order valence-electron chi connectivity index (χ0n) is 8.35. The van der Waals surface area contributed by atoms with Crippen LogP contribution >= 0.6 is 22.9 Å². The van der Waals surface area contributed by atoms with E-state index >= 15 is 0 Å². The van der Waals surface area contributed by atoms with Gasteiger partial charge in [0.05, 0.1) is 16.5 Å². The fourth-order valence-electron chi connectivity index (χ4n) is 1.97. The second kappa shape index (κ2) is 3.43. The molecule has 0 unspecified atom stereocenters. The van der Waals surface area contributed by atoms with Gasteiger partial charge >= 0.3 is 0 Å². The Balaban J connectivity index is 1.80. The van der Waals surface area contributed by atoms with Crippen LogP contribution in [0.15, 0.2) is 16.3 Å². The third kappa shape index (κ3) is 1.52. The van der Waals surface area contributed by atoms with Crippen LogP contribution < -0.4 is 0 Å². The van der Waals surface area contributed by atoms with Crippen LogP contribution in [0.3, 0.4) is 0 Å². The Labute approximate surface area is 103 Å². The number of hydrogen-bond donors (Lipinski definition) is 0. The first kappa shape index (κ1) is 11.0. The SMILES string of the molecule is O=S(=O)(c1ccc(Cl)s1)N1CC2(CCO2)C1. The molecule has 0 N–H and O–H groups in total. The second-order valence-corrected chi connectivity index (χ2v) is 7.99. The van der Waals surface area contributed by atoms with E-state index in [0.717, 1.165) is 24.4 Å². The Hall–Kier alpha value is -0.140. The summed E-state index contributed by atoms with van der Waals surface area (Å²) in [5.74, 6) is 0. The summed E-state index contributed by atoms with van der Waals surface area (Å²) in [6.45, 7) is 1.70. The second-order valence-electron chi connectivity index (χ2n) is 4.11. The van der Waals surface area contributed by atoms with Crippen LogP contribution in [0.4, 0.5) is 0 Å². The van der Waals surface area contributed by atoms with Crippen molar-refractivity contribution < 1.29 is 13.2 Å². The van der Waals surface area contributed by atoms with Gasteiger partial charge in [0.15, 0.2) is 0 Å². The summed E-state index contributed by atoms with van der Waals surface area (Å²) in [6, 6.07) is 3.16. The van der Waals surface area contributed by atoms with Crippen molar-refractivity contribution in [2.45, 2.75) is 16.2 Å². The molecule has 0 saturated carbocycles. The average molecular weight is 280 g/mol. The van der Waals surface area contributed by atoms with Crippen LogP contribution in [-0.2, 0) is 14.8 Å². The van der Waals surface area contributed by atoms with Gasteiger partial charge in [-0.1, -0.05) is 11.6 Å². The van der Waals surface area contributed by atoms with Gasteiger partial charge in [0.25, 0.3) is 10.0 Å². The van der Waals surface area contributed by atoms with Gasteiger partial charge in [0, 0.05) is 19.5 Å². The average Bonchev–Trinajstić information content (AvgIpc) is 2.46. The Morgan fingerprint density at radius 3 is 2.56 bits per heavy atom. The van der Waals surface area contributed by atoms with E-state index in [1.54, 1.807) is 12.1 Å². The molecule has 1 aromatic rings. The lowest BCUT2D eigenvalue weighted by atomic mass is 9.89. The van der Waals surface area contributed by atoms with Crippen molar-refractivity contribution in [1.82, 2.24) is 4.31 Å². The lowest BCUT2D eigenvalue weighted by Crippen LogP contribution is -2.69. The summed E-state index contributed by atoms with van der Waals surface area (Å²) in [6.07, 6.45) is 0.963. The molecule has 0 aromatic carbocycles. The maximum Gasteiger partial charge on any atom is 0.252 e. The van der Waals surface area contributed by atoms with Crippen LogP contribution in [0.25, 0.3) is 0 Å². The molecule has 0 radical (unpaired) electrons. The number of sulfonamides is 1. The third-order valence-corrected chi connectivity index (χ3v) is 6.53. The van der Waals surface area contributed by atoms with E-state index in [2.05, 4.69) is 0 Å². The molecule has 1 aromatic heterocycles. The van der Waals surface area contributed by atoms with E-state index in [0.29, 0.717) is 21.6 Å². The molecule has 2 saturated heterocycles. The standard InChI is InChI=1S/C9H10ClNO3S2/c10-7-1-2-8(15-7)16(12,13)11-5-9(6-11)3-4-14-9/h1-2H,3-6H2. The number of halogens is 1. The van der Waals surface area contributed by atoms with Crippen LogP contribution in [0, 0.1) is 0 Å². The van der Waals surface area contributed by atoms with Gasteiger partial charge < -0.3 is 4.74 Å². The molecule has 2 aliphatic heterocycles. The molecule has 2 aliphatic rings. The van der Waals surface area contributed by atoms with Crippen molar-refractivity contribution in [1.29, 1.82) is 0 Å². The molecule has 0 bridgehead atoms. The van der Waals surface area contributed by atoms with Crippen molar-refractivity contribution >= 4 is 33.0 Å². The van der Waals surface area contributed by atoms with Gasteiger partial charge in [-0.2, -0.15) is 4.31 Å². The van der Waals surface area contributed by atoms with Crippen LogP contribution in [0.5, 0.6) is 0 Å². The largest absolute Gasteiger partial charge is 0.372 e. The van der Waals surface area contributed by atoms with E-state index in [1.807, 2.05) is 0 Å². The topological polar surface area (TPSA) is 46.6 Å². The number of hydrogen-bond acceptors (Lipinski definition) is 4. The first-order chi connectivity index (χ1) is 7.52. The van der Waals surface area contributed by atoms with Crippen molar-refractivity contribution in [3.8, 4) is 0 Å². The van der Waals surface area contributed by atoms with Crippen molar-refractivity contribution in [3.63, 3.8) is 0 Å². The zero-order valence-corrected chi connectivity index (χ0v) is 10.7. The highest BCUT2D eigenvalue weighted by atomic mass is 35.5. The fourth-order valence-corrected chi connectivity index (χ4v) is 5.20. The molecular formula is C9H10ClNO3S2. The number of rotatable bonds is 2. The highest BCUT2D eigenvalue weighted by Gasteiger charge is 2.53. The summed E-state index contributed by atoms with van der Waals surface area (Å²) < 4.78 is 31.8. The number of thiophene rings is 1. The van der Waals surface area contributed by atoms with Gasteiger partial charge in [-0.05, 0) is 12.1 Å². The van der Waals surface area contributed by atoms with Crippen LogP contribution in [-0.4, -0.2) is 38.0 Å². The molecule has 4 nitrogen and oxygen atoms in total. The minimum atomic E-state index is -3.34. The minimum Gasteiger partial charge on any atom is -0.372 e. The van der Waals surface area contributed by atoms with E-state index in [-0.39, 0.29) is 5.60 Å². The first-order valence-corrected chi connectivity index (χ1v) is 7.55. The molecular weight excluding hydrogens is 270 g/mol. The lowest BCUT2D eigenvalue weighted by molar-refractivity contribution is -0.200. The molecule has 88 valence electrons. The molecule has 3 rings (SSSR count). The highest BCUT2D eigenvalue weighted by Crippen LogP contribution is 2.40. The Morgan fingerprint density at radius 1 is 1.44 bits per heavy atom. The smallest absolute Gasteiger partial charge is 0.252 e. The molecule has 0 atom stereocenters. The Bertz CT molecular complexity index is 513. The third-order valence-electron chi connectivity index (χ3n) is 3.04. The van der Waals surface area contributed by atoms with Gasteiger partial charge in [-0.15, -0.1) is 11.3 Å². The van der Waals surface area contributed by atoms with E-state index in [9.17, 15) is 8.42 Å². The number of ether oxygens (including phenoxy) is 1. The van der Waals surface area contributed by atoms with Gasteiger partial charge in [0.1, 0.15) is 4.21 Å².